The number of nitrogens with two attached hydrogens (primary N) is 1. The highest BCUT2D eigenvalue weighted by Crippen LogP contribution is 2.30. The monoisotopic (exact) mass is 269 g/mol. The van der Waals surface area contributed by atoms with E-state index in [0.29, 0.717) is 12.5 Å². The van der Waals surface area contributed by atoms with E-state index >= 15 is 0 Å². The van der Waals surface area contributed by atoms with Crippen molar-refractivity contribution in [3.05, 3.63) is 0 Å². The quantitative estimate of drug-likeness (QED) is 0.773. The van der Waals surface area contributed by atoms with Gasteiger partial charge in [0.1, 0.15) is 0 Å². The molecule has 1 fully saturated rings. The maximum Gasteiger partial charge on any atom is 0.239 e. The van der Waals surface area contributed by atoms with E-state index in [-0.39, 0.29) is 30.3 Å². The molecule has 1 saturated carbocycles. The second-order valence-corrected chi connectivity index (χ2v) is 5.50. The Hall–Kier alpha value is -1.10. The largest absolute Gasteiger partial charge is 0.358 e. The van der Waals surface area contributed by atoms with Gasteiger partial charge in [0.15, 0.2) is 0 Å². The number of amides is 2. The predicted octanol–water partition coefficient (Wildman–Crippen LogP) is 0.735. The topological polar surface area (TPSA) is 75.4 Å². The van der Waals surface area contributed by atoms with Crippen LogP contribution in [0.5, 0.6) is 0 Å². The van der Waals surface area contributed by atoms with Crippen molar-refractivity contribution in [2.75, 3.05) is 20.1 Å². The summed E-state index contributed by atoms with van der Waals surface area (Å²) in [6.45, 7) is 4.59. The molecule has 1 rings (SSSR count). The van der Waals surface area contributed by atoms with Crippen molar-refractivity contribution in [1.29, 1.82) is 0 Å². The van der Waals surface area contributed by atoms with Crippen molar-refractivity contribution >= 4 is 11.8 Å². The molecule has 1 aliphatic rings. The molecule has 0 heterocycles. The van der Waals surface area contributed by atoms with Crippen LogP contribution in [-0.2, 0) is 9.59 Å². The summed E-state index contributed by atoms with van der Waals surface area (Å²) in [6.07, 6.45) is 4.15. The summed E-state index contributed by atoms with van der Waals surface area (Å²) in [5.74, 6) is 0.263. The van der Waals surface area contributed by atoms with E-state index in [1.165, 1.54) is 0 Å². The van der Waals surface area contributed by atoms with Crippen LogP contribution in [0.2, 0.25) is 0 Å². The van der Waals surface area contributed by atoms with E-state index in [4.69, 9.17) is 5.73 Å². The smallest absolute Gasteiger partial charge is 0.239 e. The van der Waals surface area contributed by atoms with Gasteiger partial charge in [0.2, 0.25) is 11.8 Å². The lowest BCUT2D eigenvalue weighted by atomic mass is 9.78. The van der Waals surface area contributed by atoms with Crippen LogP contribution in [0, 0.1) is 11.8 Å². The van der Waals surface area contributed by atoms with Crippen LogP contribution in [0.4, 0.5) is 0 Å². The van der Waals surface area contributed by atoms with Crippen LogP contribution >= 0.6 is 0 Å². The Balaban J connectivity index is 2.60. The zero-order valence-corrected chi connectivity index (χ0v) is 12.3. The molecule has 0 aromatic heterocycles. The average Bonchev–Trinajstić information content (AvgIpc) is 2.42. The minimum Gasteiger partial charge on any atom is -0.358 e. The normalized spacial score (nSPS) is 24.6. The van der Waals surface area contributed by atoms with Crippen LogP contribution in [0.15, 0.2) is 0 Å². The fraction of sp³-hybridized carbons (Fsp3) is 0.857. The van der Waals surface area contributed by atoms with Gasteiger partial charge in [-0.05, 0) is 32.1 Å². The Morgan fingerprint density at radius 2 is 2.11 bits per heavy atom. The van der Waals surface area contributed by atoms with Gasteiger partial charge in [-0.2, -0.15) is 0 Å². The third kappa shape index (κ3) is 4.49. The number of hydrogen-bond acceptors (Lipinski definition) is 3. The third-order valence-electron chi connectivity index (χ3n) is 4.16. The van der Waals surface area contributed by atoms with E-state index in [1.54, 1.807) is 11.9 Å². The van der Waals surface area contributed by atoms with Crippen LogP contribution in [0.3, 0.4) is 0 Å². The molecule has 1 aliphatic carbocycles. The Kier molecular flexibility index (Phi) is 6.28. The fourth-order valence-corrected chi connectivity index (χ4v) is 2.81. The first-order valence-corrected chi connectivity index (χ1v) is 7.24. The highest BCUT2D eigenvalue weighted by atomic mass is 16.2. The molecule has 3 unspecified atom stereocenters. The molecule has 0 spiro atoms. The number of hydrogen-bond donors (Lipinski definition) is 2. The lowest BCUT2D eigenvalue weighted by Crippen LogP contribution is -2.44. The molecule has 0 aromatic carbocycles. The molecule has 5 heteroatoms. The van der Waals surface area contributed by atoms with Gasteiger partial charge in [-0.15, -0.1) is 0 Å². The molecule has 0 bridgehead atoms. The van der Waals surface area contributed by atoms with E-state index in [0.717, 1.165) is 25.7 Å². The summed E-state index contributed by atoms with van der Waals surface area (Å²) in [7, 11) is 1.59. The summed E-state index contributed by atoms with van der Waals surface area (Å²) in [5.41, 5.74) is 5.98. The molecule has 19 heavy (non-hydrogen) atoms. The molecule has 5 nitrogen and oxygen atoms in total. The Labute approximate surface area is 115 Å². The Morgan fingerprint density at radius 1 is 1.42 bits per heavy atom. The Morgan fingerprint density at radius 3 is 2.63 bits per heavy atom. The second kappa shape index (κ2) is 7.48. The van der Waals surface area contributed by atoms with Gasteiger partial charge in [-0.25, -0.2) is 0 Å². The minimum absolute atomic E-state index is 0.0454. The molecule has 0 radical (unpaired) electrons. The molecular formula is C14H27N3O2. The molecule has 2 amide bonds. The number of rotatable bonds is 5. The lowest BCUT2D eigenvalue weighted by Gasteiger charge is -2.33. The number of carbonyl (C=O) groups excluding carboxylic acids is 2. The van der Waals surface area contributed by atoms with Gasteiger partial charge in [0.25, 0.3) is 0 Å². The van der Waals surface area contributed by atoms with Gasteiger partial charge in [0.05, 0.1) is 6.54 Å². The number of likely N-dealkylation sites (N-methyl/N-ethyl adjacent to an activating group) is 2. The lowest BCUT2D eigenvalue weighted by molar-refractivity contribution is -0.140. The molecule has 3 atom stereocenters. The number of nitrogens with zero attached hydrogens (tertiary/aromatic N) is 1. The van der Waals surface area contributed by atoms with Crippen molar-refractivity contribution in [3.8, 4) is 0 Å². The zero-order chi connectivity index (χ0) is 14.4. The summed E-state index contributed by atoms with van der Waals surface area (Å²) in [4.78, 5) is 25.5. The van der Waals surface area contributed by atoms with Crippen LogP contribution in [0.1, 0.15) is 39.5 Å². The SMILES string of the molecule is CCN(CC(=O)NC)C(=O)C(C)C1CCCC(N)C1. The Bertz CT molecular complexity index is 320. The first-order valence-electron chi connectivity index (χ1n) is 7.24. The summed E-state index contributed by atoms with van der Waals surface area (Å²) >= 11 is 0. The minimum atomic E-state index is -0.122. The van der Waals surface area contributed by atoms with Crippen molar-refractivity contribution in [2.24, 2.45) is 17.6 Å². The van der Waals surface area contributed by atoms with Crippen LogP contribution in [-0.4, -0.2) is 42.9 Å². The van der Waals surface area contributed by atoms with Crippen LogP contribution < -0.4 is 11.1 Å². The van der Waals surface area contributed by atoms with Gasteiger partial charge in [-0.1, -0.05) is 13.3 Å². The summed E-state index contributed by atoms with van der Waals surface area (Å²) in [5, 5.41) is 2.56. The molecule has 0 saturated heterocycles. The van der Waals surface area contributed by atoms with Crippen molar-refractivity contribution in [2.45, 2.75) is 45.6 Å². The second-order valence-electron chi connectivity index (χ2n) is 5.50. The van der Waals surface area contributed by atoms with Crippen molar-refractivity contribution in [1.82, 2.24) is 10.2 Å². The molecule has 3 N–H and O–H groups in total. The standard InChI is InChI=1S/C14H27N3O2/c1-4-17(9-13(18)16-3)14(19)10(2)11-6-5-7-12(15)8-11/h10-12H,4-9,15H2,1-3H3,(H,16,18). The number of carbonyl (C=O) groups is 2. The molecular weight excluding hydrogens is 242 g/mol. The van der Waals surface area contributed by atoms with Gasteiger partial charge in [0, 0.05) is 25.6 Å². The highest BCUT2D eigenvalue weighted by Gasteiger charge is 2.31. The van der Waals surface area contributed by atoms with Crippen LogP contribution in [0.25, 0.3) is 0 Å². The van der Waals surface area contributed by atoms with E-state index in [2.05, 4.69) is 5.32 Å². The average molecular weight is 269 g/mol. The van der Waals surface area contributed by atoms with Gasteiger partial charge in [-0.3, -0.25) is 9.59 Å². The third-order valence-corrected chi connectivity index (χ3v) is 4.16. The van der Waals surface area contributed by atoms with Gasteiger partial charge >= 0.3 is 0 Å². The maximum absolute atomic E-state index is 12.4. The van der Waals surface area contributed by atoms with Crippen molar-refractivity contribution in [3.63, 3.8) is 0 Å². The molecule has 110 valence electrons. The summed E-state index contributed by atoms with van der Waals surface area (Å²) in [6, 6.07) is 0.225. The molecule has 0 aromatic rings. The molecule has 0 aliphatic heterocycles. The first kappa shape index (κ1) is 16.0. The zero-order valence-electron chi connectivity index (χ0n) is 12.3. The fourth-order valence-electron chi connectivity index (χ4n) is 2.81. The van der Waals surface area contributed by atoms with E-state index in [1.807, 2.05) is 13.8 Å². The number of nitrogens with one attached hydrogen (secondary N) is 1. The highest BCUT2D eigenvalue weighted by molar-refractivity contribution is 5.85. The summed E-state index contributed by atoms with van der Waals surface area (Å²) < 4.78 is 0. The first-order chi connectivity index (χ1) is 8.99. The van der Waals surface area contributed by atoms with Crippen molar-refractivity contribution < 1.29 is 9.59 Å². The maximum atomic E-state index is 12.4. The van der Waals surface area contributed by atoms with Gasteiger partial charge < -0.3 is 16.0 Å². The van der Waals surface area contributed by atoms with E-state index in [9.17, 15) is 9.59 Å². The predicted molar refractivity (Wildman–Crippen MR) is 75.4 cm³/mol. The van der Waals surface area contributed by atoms with E-state index < -0.39 is 0 Å².